The largest absolute Gasteiger partial charge is 0.509 e. The molecular formula is C17H30O3. The van der Waals surface area contributed by atoms with Crippen LogP contribution in [0.25, 0.3) is 0 Å². The summed E-state index contributed by atoms with van der Waals surface area (Å²) in [5, 5.41) is 0. The predicted molar refractivity (Wildman–Crippen MR) is 79.6 cm³/mol. The van der Waals surface area contributed by atoms with E-state index in [0.29, 0.717) is 0 Å². The lowest BCUT2D eigenvalue weighted by Crippen LogP contribution is -2.40. The third kappa shape index (κ3) is 4.13. The highest BCUT2D eigenvalue weighted by molar-refractivity contribution is 5.61. The standard InChI is InChI=1S/C17H30O3/c1-13-5-9-16(3,10-6-13)19-15(18)20-17(4)11-7-14(2)8-12-17/h13-14H,5-12H2,1-4H3. The monoisotopic (exact) mass is 282 g/mol. The van der Waals surface area contributed by atoms with E-state index in [1.807, 2.05) is 13.8 Å². The molecule has 2 fully saturated rings. The highest BCUT2D eigenvalue weighted by Crippen LogP contribution is 2.37. The number of hydrogen-bond donors (Lipinski definition) is 0. The zero-order valence-electron chi connectivity index (χ0n) is 13.5. The Morgan fingerprint density at radius 3 is 1.40 bits per heavy atom. The van der Waals surface area contributed by atoms with Crippen LogP contribution in [0.3, 0.4) is 0 Å². The Hall–Kier alpha value is -0.730. The lowest BCUT2D eigenvalue weighted by Gasteiger charge is -2.39. The van der Waals surface area contributed by atoms with E-state index < -0.39 is 6.16 Å². The van der Waals surface area contributed by atoms with Crippen LogP contribution in [-0.4, -0.2) is 17.4 Å². The molecule has 3 nitrogen and oxygen atoms in total. The molecule has 0 amide bonds. The summed E-state index contributed by atoms with van der Waals surface area (Å²) < 4.78 is 11.3. The van der Waals surface area contributed by atoms with Crippen molar-refractivity contribution < 1.29 is 14.3 Å². The van der Waals surface area contributed by atoms with Crippen LogP contribution < -0.4 is 0 Å². The van der Waals surface area contributed by atoms with Gasteiger partial charge in [-0.05, 0) is 77.0 Å². The SMILES string of the molecule is CC1CCC(C)(OC(=O)OC2(C)CCC(C)CC2)CC1. The Kier molecular flexibility index (Phi) is 4.66. The van der Waals surface area contributed by atoms with Gasteiger partial charge >= 0.3 is 6.16 Å². The van der Waals surface area contributed by atoms with Gasteiger partial charge in [-0.25, -0.2) is 4.79 Å². The van der Waals surface area contributed by atoms with E-state index in [1.54, 1.807) is 0 Å². The lowest BCUT2D eigenvalue weighted by atomic mass is 9.80. The van der Waals surface area contributed by atoms with Gasteiger partial charge in [0.15, 0.2) is 0 Å². The van der Waals surface area contributed by atoms with Crippen LogP contribution in [0.1, 0.15) is 79.1 Å². The van der Waals surface area contributed by atoms with Crippen molar-refractivity contribution in [2.45, 2.75) is 90.3 Å². The fourth-order valence-corrected chi connectivity index (χ4v) is 3.37. The maximum atomic E-state index is 12.1. The van der Waals surface area contributed by atoms with E-state index in [1.165, 1.54) is 0 Å². The second-order valence-electron chi connectivity index (χ2n) is 7.72. The van der Waals surface area contributed by atoms with Gasteiger partial charge in [-0.15, -0.1) is 0 Å². The number of hydrogen-bond acceptors (Lipinski definition) is 3. The number of ether oxygens (including phenoxy) is 2. The van der Waals surface area contributed by atoms with E-state index in [4.69, 9.17) is 9.47 Å². The molecule has 0 spiro atoms. The van der Waals surface area contributed by atoms with Gasteiger partial charge in [0, 0.05) is 0 Å². The second kappa shape index (κ2) is 5.95. The van der Waals surface area contributed by atoms with Gasteiger partial charge in [0.05, 0.1) is 0 Å². The zero-order chi connectivity index (χ0) is 14.8. The summed E-state index contributed by atoms with van der Waals surface area (Å²) in [6.07, 6.45) is 7.91. The van der Waals surface area contributed by atoms with Gasteiger partial charge < -0.3 is 9.47 Å². The normalized spacial score (nSPS) is 42.0. The lowest BCUT2D eigenvalue weighted by molar-refractivity contribution is -0.0957. The molecule has 2 rings (SSSR count). The Balaban J connectivity index is 1.83. The van der Waals surface area contributed by atoms with Crippen molar-refractivity contribution >= 4 is 6.16 Å². The third-order valence-corrected chi connectivity index (χ3v) is 5.32. The summed E-state index contributed by atoms with van der Waals surface area (Å²) in [6, 6.07) is 0. The summed E-state index contributed by atoms with van der Waals surface area (Å²) in [6.45, 7) is 8.63. The molecule has 0 aromatic carbocycles. The van der Waals surface area contributed by atoms with Crippen molar-refractivity contribution in [2.24, 2.45) is 11.8 Å². The molecule has 0 N–H and O–H groups in total. The van der Waals surface area contributed by atoms with Crippen LogP contribution >= 0.6 is 0 Å². The van der Waals surface area contributed by atoms with Crippen LogP contribution in [0, 0.1) is 11.8 Å². The van der Waals surface area contributed by atoms with Crippen LogP contribution in [0.15, 0.2) is 0 Å². The van der Waals surface area contributed by atoms with Crippen molar-refractivity contribution in [3.8, 4) is 0 Å². The fourth-order valence-electron chi connectivity index (χ4n) is 3.37. The molecule has 0 aromatic rings. The summed E-state index contributed by atoms with van der Waals surface area (Å²) >= 11 is 0. The summed E-state index contributed by atoms with van der Waals surface area (Å²) in [4.78, 5) is 12.1. The molecular weight excluding hydrogens is 252 g/mol. The van der Waals surface area contributed by atoms with Crippen molar-refractivity contribution in [1.29, 1.82) is 0 Å². The Bertz CT molecular complexity index is 302. The summed E-state index contributed by atoms with van der Waals surface area (Å²) in [5.41, 5.74) is -0.635. The summed E-state index contributed by atoms with van der Waals surface area (Å²) in [7, 11) is 0. The maximum Gasteiger partial charge on any atom is 0.509 e. The average molecular weight is 282 g/mol. The van der Waals surface area contributed by atoms with Gasteiger partial charge in [-0.3, -0.25) is 0 Å². The van der Waals surface area contributed by atoms with Crippen molar-refractivity contribution in [2.75, 3.05) is 0 Å². The quantitative estimate of drug-likeness (QED) is 0.663. The molecule has 0 atom stereocenters. The van der Waals surface area contributed by atoms with Gasteiger partial charge in [-0.2, -0.15) is 0 Å². The highest BCUT2D eigenvalue weighted by Gasteiger charge is 2.38. The molecule has 3 heteroatoms. The summed E-state index contributed by atoms with van der Waals surface area (Å²) in [5.74, 6) is 1.50. The van der Waals surface area contributed by atoms with Crippen molar-refractivity contribution in [1.82, 2.24) is 0 Å². The molecule has 116 valence electrons. The highest BCUT2D eigenvalue weighted by atomic mass is 16.7. The molecule has 0 radical (unpaired) electrons. The van der Waals surface area contributed by atoms with Crippen molar-refractivity contribution in [3.05, 3.63) is 0 Å². The Labute approximate surface area is 123 Å². The van der Waals surface area contributed by atoms with Crippen LogP contribution in [-0.2, 0) is 9.47 Å². The van der Waals surface area contributed by atoms with Crippen LogP contribution in [0.2, 0.25) is 0 Å². The third-order valence-electron chi connectivity index (χ3n) is 5.32. The van der Waals surface area contributed by atoms with Crippen molar-refractivity contribution in [3.63, 3.8) is 0 Å². The minimum atomic E-state index is -0.459. The Morgan fingerprint density at radius 2 is 1.10 bits per heavy atom. The van der Waals surface area contributed by atoms with Crippen LogP contribution in [0.4, 0.5) is 4.79 Å². The predicted octanol–water partition coefficient (Wildman–Crippen LogP) is 5.08. The molecule has 2 aliphatic carbocycles. The Morgan fingerprint density at radius 1 is 0.800 bits per heavy atom. The first-order chi connectivity index (χ1) is 9.30. The van der Waals surface area contributed by atoms with E-state index in [2.05, 4.69) is 13.8 Å². The molecule has 0 saturated heterocycles. The molecule has 0 unspecified atom stereocenters. The molecule has 2 aliphatic rings. The fraction of sp³-hybridized carbons (Fsp3) is 0.941. The molecule has 0 heterocycles. The maximum absolute atomic E-state index is 12.1. The number of carbonyl (C=O) groups excluding carboxylic acids is 1. The molecule has 0 aromatic heterocycles. The smallest absolute Gasteiger partial charge is 0.428 e. The van der Waals surface area contributed by atoms with Gasteiger partial charge in [0.25, 0.3) is 0 Å². The van der Waals surface area contributed by atoms with Crippen LogP contribution in [0.5, 0.6) is 0 Å². The number of rotatable bonds is 2. The molecule has 2 saturated carbocycles. The number of carbonyl (C=O) groups is 1. The van der Waals surface area contributed by atoms with Gasteiger partial charge in [0.1, 0.15) is 11.2 Å². The minimum absolute atomic E-state index is 0.318. The van der Waals surface area contributed by atoms with E-state index in [9.17, 15) is 4.79 Å². The average Bonchev–Trinajstić information content (AvgIpc) is 2.37. The first-order valence-electron chi connectivity index (χ1n) is 8.22. The molecule has 0 aliphatic heterocycles. The molecule has 20 heavy (non-hydrogen) atoms. The zero-order valence-corrected chi connectivity index (χ0v) is 13.5. The topological polar surface area (TPSA) is 35.5 Å². The second-order valence-corrected chi connectivity index (χ2v) is 7.72. The first-order valence-corrected chi connectivity index (χ1v) is 8.22. The van der Waals surface area contributed by atoms with E-state index in [-0.39, 0.29) is 11.2 Å². The van der Waals surface area contributed by atoms with Gasteiger partial charge in [-0.1, -0.05) is 13.8 Å². The van der Waals surface area contributed by atoms with E-state index >= 15 is 0 Å². The minimum Gasteiger partial charge on any atom is -0.428 e. The van der Waals surface area contributed by atoms with Gasteiger partial charge in [0.2, 0.25) is 0 Å². The molecule has 0 bridgehead atoms. The van der Waals surface area contributed by atoms with E-state index in [0.717, 1.165) is 63.2 Å². The first kappa shape index (κ1) is 15.7.